The van der Waals surface area contributed by atoms with E-state index in [0.717, 1.165) is 17.3 Å². The van der Waals surface area contributed by atoms with Gasteiger partial charge in [0.05, 0.1) is 17.7 Å². The predicted molar refractivity (Wildman–Crippen MR) is 113 cm³/mol. The second-order valence-electron chi connectivity index (χ2n) is 5.93. The lowest BCUT2D eigenvalue weighted by Crippen LogP contribution is -2.19. The van der Waals surface area contributed by atoms with Crippen LogP contribution in [-0.4, -0.2) is 35.9 Å². The zero-order valence-corrected chi connectivity index (χ0v) is 17.1. The summed E-state index contributed by atoms with van der Waals surface area (Å²) < 4.78 is 10.6. The number of nitrogens with one attached hydrogen (secondary N) is 1. The maximum Gasteiger partial charge on any atom is 0.341 e. The molecule has 1 aliphatic heterocycles. The molecule has 3 rings (SSSR count). The highest BCUT2D eigenvalue weighted by Crippen LogP contribution is 2.36. The van der Waals surface area contributed by atoms with E-state index in [4.69, 9.17) is 26.2 Å². The number of nitrogens with zero attached hydrogens (tertiary/aromatic N) is 1. The molecule has 9 heteroatoms. The van der Waals surface area contributed by atoms with Crippen LogP contribution < -0.4 is 14.8 Å². The lowest BCUT2D eigenvalue weighted by molar-refractivity contribution is -0.139. The lowest BCUT2D eigenvalue weighted by Gasteiger charge is -2.12. The Labute approximate surface area is 176 Å². The maximum atomic E-state index is 12.4. The van der Waals surface area contributed by atoms with Gasteiger partial charge in [0.1, 0.15) is 0 Å². The van der Waals surface area contributed by atoms with Gasteiger partial charge in [0.25, 0.3) is 5.91 Å². The van der Waals surface area contributed by atoms with Gasteiger partial charge in [-0.1, -0.05) is 29.8 Å². The zero-order chi connectivity index (χ0) is 21.0. The Bertz CT molecular complexity index is 1040. The van der Waals surface area contributed by atoms with Crippen LogP contribution in [-0.2, 0) is 9.59 Å². The first-order valence-electron chi connectivity index (χ1n) is 8.45. The highest BCUT2D eigenvalue weighted by atomic mass is 35.5. The molecule has 1 heterocycles. The Morgan fingerprint density at radius 3 is 2.79 bits per heavy atom. The van der Waals surface area contributed by atoms with E-state index in [9.17, 15) is 9.59 Å². The number of carboxylic acid groups (broad SMARTS) is 1. The summed E-state index contributed by atoms with van der Waals surface area (Å²) in [6, 6.07) is 10.4. The number of methoxy groups -OCH3 is 1. The van der Waals surface area contributed by atoms with E-state index in [2.05, 4.69) is 10.3 Å². The number of hydrogen-bond donors (Lipinski definition) is 2. The van der Waals surface area contributed by atoms with Gasteiger partial charge in [0.15, 0.2) is 23.3 Å². The summed E-state index contributed by atoms with van der Waals surface area (Å²) in [7, 11) is 1.45. The Morgan fingerprint density at radius 2 is 2.07 bits per heavy atom. The fourth-order valence-electron chi connectivity index (χ4n) is 2.54. The van der Waals surface area contributed by atoms with Crippen molar-refractivity contribution >= 4 is 52.2 Å². The highest BCUT2D eigenvalue weighted by Gasteiger charge is 2.25. The normalized spacial score (nSPS) is 16.2. The molecule has 0 bridgehead atoms. The number of aliphatic imine (C=N–C) groups is 1. The van der Waals surface area contributed by atoms with Gasteiger partial charge >= 0.3 is 5.97 Å². The number of amides is 1. The Hall–Kier alpha value is -2.97. The summed E-state index contributed by atoms with van der Waals surface area (Å²) >= 11 is 7.28. The quantitative estimate of drug-likeness (QED) is 0.669. The van der Waals surface area contributed by atoms with Crippen LogP contribution in [0.2, 0.25) is 5.02 Å². The van der Waals surface area contributed by atoms with Gasteiger partial charge in [-0.05, 0) is 48.5 Å². The largest absolute Gasteiger partial charge is 0.493 e. The Kier molecular flexibility index (Phi) is 6.46. The van der Waals surface area contributed by atoms with Crippen LogP contribution in [0, 0.1) is 6.92 Å². The topological polar surface area (TPSA) is 97.2 Å². The number of hydrogen-bond acceptors (Lipinski definition) is 6. The second-order valence-corrected chi connectivity index (χ2v) is 7.36. The number of amidine groups is 1. The molecule has 7 nitrogen and oxygen atoms in total. The van der Waals surface area contributed by atoms with Crippen LogP contribution in [0.1, 0.15) is 11.1 Å². The van der Waals surface area contributed by atoms with Gasteiger partial charge < -0.3 is 19.9 Å². The molecule has 2 N–H and O–H groups in total. The number of rotatable bonds is 6. The molecule has 0 atom stereocenters. The van der Waals surface area contributed by atoms with Crippen molar-refractivity contribution < 1.29 is 24.2 Å². The Morgan fingerprint density at radius 1 is 1.31 bits per heavy atom. The number of benzene rings is 2. The first kappa shape index (κ1) is 20.8. The summed E-state index contributed by atoms with van der Waals surface area (Å²) in [4.78, 5) is 28.1. The zero-order valence-electron chi connectivity index (χ0n) is 15.6. The molecule has 0 spiro atoms. The van der Waals surface area contributed by atoms with Crippen molar-refractivity contribution in [1.82, 2.24) is 5.32 Å². The van der Waals surface area contributed by atoms with Crippen molar-refractivity contribution in [3.8, 4) is 11.5 Å². The maximum absolute atomic E-state index is 12.4. The van der Waals surface area contributed by atoms with Crippen molar-refractivity contribution in [1.29, 1.82) is 0 Å². The van der Waals surface area contributed by atoms with Gasteiger partial charge in [-0.3, -0.25) is 4.79 Å². The summed E-state index contributed by atoms with van der Waals surface area (Å²) in [5.41, 5.74) is 1.99. The first-order chi connectivity index (χ1) is 13.9. The summed E-state index contributed by atoms with van der Waals surface area (Å²) in [5, 5.41) is 12.6. The van der Waals surface area contributed by atoms with Crippen molar-refractivity contribution in [3.63, 3.8) is 0 Å². The molecule has 1 fully saturated rings. The molecule has 0 aliphatic carbocycles. The van der Waals surface area contributed by atoms with Gasteiger partial charge in [-0.2, -0.15) is 0 Å². The van der Waals surface area contributed by atoms with Crippen LogP contribution in [0.4, 0.5) is 5.69 Å². The number of carbonyl (C=O) groups is 2. The standard InChI is InChI=1S/C20H17ClN2O5S/c1-11-13(21)6-4-7-14(11)22-20-23-19(26)16(29-20)9-12-5-3-8-15(27-2)18(12)28-10-17(24)25/h3-9H,10H2,1-2H3,(H,24,25)(H,22,23,26)/b16-9-. The van der Waals surface area contributed by atoms with Crippen LogP contribution in [0.3, 0.4) is 0 Å². The number of para-hydroxylation sites is 1. The van der Waals surface area contributed by atoms with Gasteiger partial charge in [0.2, 0.25) is 0 Å². The van der Waals surface area contributed by atoms with Gasteiger partial charge in [0, 0.05) is 10.6 Å². The molecule has 1 saturated heterocycles. The molecule has 0 saturated carbocycles. The molecule has 0 radical (unpaired) electrons. The molecule has 2 aromatic rings. The number of ether oxygens (including phenoxy) is 2. The molecular weight excluding hydrogens is 416 g/mol. The second kappa shape index (κ2) is 9.02. The molecule has 1 amide bonds. The van der Waals surface area contributed by atoms with E-state index in [1.807, 2.05) is 13.0 Å². The van der Waals surface area contributed by atoms with Crippen LogP contribution in [0.15, 0.2) is 46.3 Å². The number of halogens is 1. The van der Waals surface area contributed by atoms with Crippen LogP contribution >= 0.6 is 23.4 Å². The van der Waals surface area contributed by atoms with Crippen molar-refractivity contribution in [2.75, 3.05) is 13.7 Å². The monoisotopic (exact) mass is 432 g/mol. The molecule has 0 aromatic heterocycles. The molecular formula is C20H17ClN2O5S. The highest BCUT2D eigenvalue weighted by molar-refractivity contribution is 8.18. The molecule has 150 valence electrons. The number of carbonyl (C=O) groups excluding carboxylic acids is 1. The van der Waals surface area contributed by atoms with Crippen LogP contribution in [0.25, 0.3) is 6.08 Å². The summed E-state index contributed by atoms with van der Waals surface area (Å²) in [6.45, 7) is 1.32. The minimum Gasteiger partial charge on any atom is -0.493 e. The predicted octanol–water partition coefficient (Wildman–Crippen LogP) is 4.01. The average Bonchev–Trinajstić information content (AvgIpc) is 3.03. The van der Waals surface area contributed by atoms with E-state index in [1.165, 1.54) is 7.11 Å². The van der Waals surface area contributed by atoms with Crippen molar-refractivity contribution in [2.45, 2.75) is 6.92 Å². The van der Waals surface area contributed by atoms with E-state index in [0.29, 0.717) is 32.1 Å². The number of carboxylic acids is 1. The van der Waals surface area contributed by atoms with Crippen molar-refractivity contribution in [3.05, 3.63) is 57.5 Å². The summed E-state index contributed by atoms with van der Waals surface area (Å²) in [6.07, 6.45) is 1.60. The SMILES string of the molecule is COc1cccc(/C=C2\SC(=Nc3cccc(Cl)c3C)NC2=O)c1OCC(=O)O. The molecule has 2 aromatic carbocycles. The van der Waals surface area contributed by atoms with Crippen molar-refractivity contribution in [2.24, 2.45) is 4.99 Å². The fraction of sp³-hybridized carbons (Fsp3) is 0.150. The molecule has 29 heavy (non-hydrogen) atoms. The lowest BCUT2D eigenvalue weighted by atomic mass is 10.1. The average molecular weight is 433 g/mol. The minimum atomic E-state index is -1.12. The third kappa shape index (κ3) is 4.90. The van der Waals surface area contributed by atoms with E-state index in [1.54, 1.807) is 36.4 Å². The third-order valence-corrected chi connectivity index (χ3v) is 5.29. The van der Waals surface area contributed by atoms with E-state index in [-0.39, 0.29) is 11.7 Å². The molecule has 1 aliphatic rings. The van der Waals surface area contributed by atoms with Crippen LogP contribution in [0.5, 0.6) is 11.5 Å². The smallest absolute Gasteiger partial charge is 0.341 e. The van der Waals surface area contributed by atoms with E-state index < -0.39 is 12.6 Å². The molecule has 0 unspecified atom stereocenters. The van der Waals surface area contributed by atoms with E-state index >= 15 is 0 Å². The number of thioether (sulfide) groups is 1. The number of aliphatic carboxylic acids is 1. The first-order valence-corrected chi connectivity index (χ1v) is 9.64. The summed E-state index contributed by atoms with van der Waals surface area (Å²) in [5.74, 6) is -0.823. The van der Waals surface area contributed by atoms with Gasteiger partial charge in [-0.25, -0.2) is 9.79 Å². The fourth-order valence-corrected chi connectivity index (χ4v) is 3.54. The third-order valence-electron chi connectivity index (χ3n) is 3.97. The minimum absolute atomic E-state index is 0.245. The Balaban J connectivity index is 1.91. The van der Waals surface area contributed by atoms with Gasteiger partial charge in [-0.15, -0.1) is 0 Å².